The lowest BCUT2D eigenvalue weighted by Crippen LogP contribution is -2.20. The van der Waals surface area contributed by atoms with Gasteiger partial charge >= 0.3 is 0 Å². The van der Waals surface area contributed by atoms with Crippen molar-refractivity contribution in [1.82, 2.24) is 0 Å². The van der Waals surface area contributed by atoms with Gasteiger partial charge in [-0.3, -0.25) is 4.79 Å². The van der Waals surface area contributed by atoms with Gasteiger partial charge in [0.15, 0.2) is 11.5 Å². The van der Waals surface area contributed by atoms with Crippen LogP contribution in [0.25, 0.3) is 0 Å². The molecule has 1 amide bonds. The molecule has 1 aromatic rings. The van der Waals surface area contributed by atoms with Crippen molar-refractivity contribution in [3.05, 3.63) is 17.7 Å². The second kappa shape index (κ2) is 4.08. The lowest BCUT2D eigenvalue weighted by atomic mass is 9.94. The predicted molar refractivity (Wildman–Crippen MR) is 53.7 cm³/mol. The smallest absolute Gasteiger partial charge is 0.225 e. The van der Waals surface area contributed by atoms with Gasteiger partial charge in [0.05, 0.1) is 5.92 Å². The Morgan fingerprint density at radius 3 is 2.47 bits per heavy atom. The van der Waals surface area contributed by atoms with E-state index in [0.717, 1.165) is 6.07 Å². The van der Waals surface area contributed by atoms with Gasteiger partial charge < -0.3 is 21.1 Å². The van der Waals surface area contributed by atoms with Crippen LogP contribution in [0.1, 0.15) is 24.8 Å². The minimum Gasteiger partial charge on any atom is -0.508 e. The lowest BCUT2D eigenvalue weighted by molar-refractivity contribution is -0.119. The Bertz CT molecular complexity index is 389. The molecule has 82 valence electrons. The number of carbonyl (C=O) groups is 1. The van der Waals surface area contributed by atoms with E-state index < -0.39 is 23.3 Å². The molecule has 0 spiro atoms. The molecule has 0 saturated heterocycles. The molecule has 0 radical (unpaired) electrons. The lowest BCUT2D eigenvalue weighted by Gasteiger charge is -2.14. The SMILES string of the molecule is CCC(C(N)=O)c1cc(O)cc(O)c1O. The second-order valence-electron chi connectivity index (χ2n) is 3.27. The number of aromatic hydroxyl groups is 3. The Hall–Kier alpha value is -1.91. The molecule has 5 nitrogen and oxygen atoms in total. The molecular weight excluding hydrogens is 198 g/mol. The highest BCUT2D eigenvalue weighted by Crippen LogP contribution is 2.38. The molecule has 0 fully saturated rings. The van der Waals surface area contributed by atoms with Crippen molar-refractivity contribution in [2.24, 2.45) is 5.73 Å². The van der Waals surface area contributed by atoms with Crippen LogP contribution in [0.5, 0.6) is 17.2 Å². The molecule has 0 aliphatic rings. The van der Waals surface area contributed by atoms with Gasteiger partial charge in [-0.1, -0.05) is 6.92 Å². The Labute approximate surface area is 86.8 Å². The molecule has 1 rings (SSSR count). The molecule has 1 atom stereocenters. The molecule has 15 heavy (non-hydrogen) atoms. The third-order valence-electron chi connectivity index (χ3n) is 2.23. The summed E-state index contributed by atoms with van der Waals surface area (Å²) in [5.74, 6) is -2.44. The molecule has 1 aromatic carbocycles. The van der Waals surface area contributed by atoms with Gasteiger partial charge in [-0.2, -0.15) is 0 Å². The third-order valence-corrected chi connectivity index (χ3v) is 2.23. The summed E-state index contributed by atoms with van der Waals surface area (Å²) in [4.78, 5) is 11.1. The van der Waals surface area contributed by atoms with Crippen molar-refractivity contribution in [2.45, 2.75) is 19.3 Å². The summed E-state index contributed by atoms with van der Waals surface area (Å²) in [7, 11) is 0. The zero-order valence-corrected chi connectivity index (χ0v) is 8.27. The van der Waals surface area contributed by atoms with E-state index in [2.05, 4.69) is 0 Å². The van der Waals surface area contributed by atoms with Crippen LogP contribution < -0.4 is 5.73 Å². The molecule has 0 aromatic heterocycles. The van der Waals surface area contributed by atoms with Crippen molar-refractivity contribution in [2.75, 3.05) is 0 Å². The maximum atomic E-state index is 11.1. The number of phenols is 3. The van der Waals surface area contributed by atoms with Gasteiger partial charge in [-0.15, -0.1) is 0 Å². The van der Waals surface area contributed by atoms with Crippen LogP contribution in [0.4, 0.5) is 0 Å². The van der Waals surface area contributed by atoms with Crippen molar-refractivity contribution >= 4 is 5.91 Å². The topological polar surface area (TPSA) is 104 Å². The second-order valence-corrected chi connectivity index (χ2v) is 3.27. The molecule has 5 heteroatoms. The molecule has 5 N–H and O–H groups in total. The number of carbonyl (C=O) groups excluding carboxylic acids is 1. The number of hydrogen-bond donors (Lipinski definition) is 4. The predicted octanol–water partition coefficient (Wildman–Crippen LogP) is 0.782. The van der Waals surface area contributed by atoms with E-state index in [-0.39, 0.29) is 11.3 Å². The first-order chi connectivity index (χ1) is 6.97. The maximum Gasteiger partial charge on any atom is 0.225 e. The summed E-state index contributed by atoms with van der Waals surface area (Å²) < 4.78 is 0. The van der Waals surface area contributed by atoms with Crippen LogP contribution in [0.2, 0.25) is 0 Å². The highest BCUT2D eigenvalue weighted by Gasteiger charge is 2.21. The van der Waals surface area contributed by atoms with Crippen LogP contribution >= 0.6 is 0 Å². The van der Waals surface area contributed by atoms with Crippen molar-refractivity contribution in [3.63, 3.8) is 0 Å². The summed E-state index contributed by atoms with van der Waals surface area (Å²) in [5, 5.41) is 28.0. The van der Waals surface area contributed by atoms with E-state index in [0.29, 0.717) is 6.42 Å². The first-order valence-corrected chi connectivity index (χ1v) is 4.51. The third kappa shape index (κ3) is 2.12. The summed E-state index contributed by atoms with van der Waals surface area (Å²) in [6.07, 6.45) is 0.381. The van der Waals surface area contributed by atoms with Crippen LogP contribution in [0.3, 0.4) is 0 Å². The van der Waals surface area contributed by atoms with E-state index in [1.165, 1.54) is 6.07 Å². The molecule has 1 unspecified atom stereocenters. The minimum atomic E-state index is -0.719. The van der Waals surface area contributed by atoms with Crippen LogP contribution in [-0.4, -0.2) is 21.2 Å². The van der Waals surface area contributed by atoms with Crippen LogP contribution in [0, 0.1) is 0 Å². The van der Waals surface area contributed by atoms with E-state index >= 15 is 0 Å². The number of amides is 1. The fraction of sp³-hybridized carbons (Fsp3) is 0.300. The molecule has 0 bridgehead atoms. The zero-order valence-electron chi connectivity index (χ0n) is 8.27. The average molecular weight is 211 g/mol. The summed E-state index contributed by atoms with van der Waals surface area (Å²) >= 11 is 0. The van der Waals surface area contributed by atoms with E-state index in [1.54, 1.807) is 6.92 Å². The Morgan fingerprint density at radius 1 is 1.40 bits per heavy atom. The largest absolute Gasteiger partial charge is 0.508 e. The fourth-order valence-electron chi connectivity index (χ4n) is 1.47. The number of primary amides is 1. The monoisotopic (exact) mass is 211 g/mol. The highest BCUT2D eigenvalue weighted by atomic mass is 16.3. The first kappa shape index (κ1) is 11.2. The van der Waals surface area contributed by atoms with Crippen molar-refractivity contribution < 1.29 is 20.1 Å². The Balaban J connectivity index is 3.28. The number of hydrogen-bond acceptors (Lipinski definition) is 4. The van der Waals surface area contributed by atoms with Gasteiger partial charge in [-0.25, -0.2) is 0 Å². The molecular formula is C10H13NO4. The molecule has 0 aliphatic heterocycles. The van der Waals surface area contributed by atoms with E-state index in [1.807, 2.05) is 0 Å². The quantitative estimate of drug-likeness (QED) is 0.438. The highest BCUT2D eigenvalue weighted by molar-refractivity contribution is 5.83. The first-order valence-electron chi connectivity index (χ1n) is 4.51. The van der Waals surface area contributed by atoms with Gasteiger partial charge in [-0.05, 0) is 12.5 Å². The standard InChI is InChI=1S/C10H13NO4/c1-2-6(10(11)15)7-3-5(12)4-8(13)9(7)14/h3-4,6,12-14H,2H2,1H3,(H2,11,15). The van der Waals surface area contributed by atoms with E-state index in [9.17, 15) is 20.1 Å². The van der Waals surface area contributed by atoms with Crippen molar-refractivity contribution in [3.8, 4) is 17.2 Å². The molecule has 0 aliphatic carbocycles. The van der Waals surface area contributed by atoms with Gasteiger partial charge in [0.25, 0.3) is 0 Å². The van der Waals surface area contributed by atoms with E-state index in [4.69, 9.17) is 5.73 Å². The van der Waals surface area contributed by atoms with Gasteiger partial charge in [0, 0.05) is 11.6 Å². The maximum absolute atomic E-state index is 11.1. The average Bonchev–Trinajstić information content (AvgIpc) is 2.13. The normalized spacial score (nSPS) is 12.3. The zero-order chi connectivity index (χ0) is 11.6. The Kier molecular flexibility index (Phi) is 3.04. The number of benzene rings is 1. The number of rotatable bonds is 3. The summed E-state index contributed by atoms with van der Waals surface area (Å²) in [6, 6.07) is 2.21. The molecule has 0 heterocycles. The van der Waals surface area contributed by atoms with Crippen LogP contribution in [-0.2, 0) is 4.79 Å². The Morgan fingerprint density at radius 2 is 2.00 bits per heavy atom. The number of nitrogens with two attached hydrogens (primary N) is 1. The summed E-state index contributed by atoms with van der Waals surface area (Å²) in [5.41, 5.74) is 5.28. The van der Waals surface area contributed by atoms with Gasteiger partial charge in [0.2, 0.25) is 5.91 Å². The number of phenolic OH excluding ortho intramolecular Hbond substituents is 3. The molecule has 0 saturated carbocycles. The van der Waals surface area contributed by atoms with Crippen molar-refractivity contribution in [1.29, 1.82) is 0 Å². The van der Waals surface area contributed by atoms with Crippen LogP contribution in [0.15, 0.2) is 12.1 Å². The fourth-order valence-corrected chi connectivity index (χ4v) is 1.47. The minimum absolute atomic E-state index is 0.141. The summed E-state index contributed by atoms with van der Waals surface area (Å²) in [6.45, 7) is 1.72. The van der Waals surface area contributed by atoms with Gasteiger partial charge in [0.1, 0.15) is 5.75 Å².